The van der Waals surface area contributed by atoms with Crippen molar-refractivity contribution in [2.75, 3.05) is 57.3 Å². The highest BCUT2D eigenvalue weighted by Gasteiger charge is 2.17. The van der Waals surface area contributed by atoms with Crippen LogP contribution in [0.1, 0.15) is 20.3 Å². The van der Waals surface area contributed by atoms with Crippen molar-refractivity contribution >= 4 is 9.84 Å². The quantitative estimate of drug-likeness (QED) is 0.716. The Labute approximate surface area is 118 Å². The average molecular weight is 291 g/mol. The van der Waals surface area contributed by atoms with E-state index in [9.17, 15) is 8.42 Å². The van der Waals surface area contributed by atoms with E-state index < -0.39 is 9.84 Å². The predicted molar refractivity (Wildman–Crippen MR) is 80.0 cm³/mol. The Kier molecular flexibility index (Phi) is 7.28. The Morgan fingerprint density at radius 1 is 1.16 bits per heavy atom. The largest absolute Gasteiger partial charge is 0.330 e. The topological polar surface area (TPSA) is 66.6 Å². The third-order valence-corrected chi connectivity index (χ3v) is 5.50. The van der Waals surface area contributed by atoms with Crippen molar-refractivity contribution < 1.29 is 8.42 Å². The van der Waals surface area contributed by atoms with Crippen LogP contribution in [-0.2, 0) is 9.84 Å². The van der Waals surface area contributed by atoms with Crippen molar-refractivity contribution in [1.29, 1.82) is 0 Å². The molecule has 0 bridgehead atoms. The highest BCUT2D eigenvalue weighted by molar-refractivity contribution is 7.91. The first-order valence-electron chi connectivity index (χ1n) is 7.32. The summed E-state index contributed by atoms with van der Waals surface area (Å²) in [5.41, 5.74) is 5.66. The lowest BCUT2D eigenvalue weighted by atomic mass is 10.1. The summed E-state index contributed by atoms with van der Waals surface area (Å²) >= 11 is 0. The number of nitrogens with two attached hydrogens (primary N) is 1. The van der Waals surface area contributed by atoms with E-state index in [0.29, 0.717) is 18.2 Å². The molecule has 0 aliphatic carbocycles. The number of hydrogen-bond acceptors (Lipinski definition) is 5. The molecule has 0 saturated carbocycles. The normalized spacial score (nSPS) is 21.2. The van der Waals surface area contributed by atoms with E-state index in [-0.39, 0.29) is 5.75 Å². The number of rotatable bonds is 7. The summed E-state index contributed by atoms with van der Waals surface area (Å²) in [4.78, 5) is 4.73. The van der Waals surface area contributed by atoms with Crippen LogP contribution in [0.5, 0.6) is 0 Å². The third kappa shape index (κ3) is 6.70. The maximum Gasteiger partial charge on any atom is 0.151 e. The van der Waals surface area contributed by atoms with Crippen molar-refractivity contribution in [2.45, 2.75) is 20.3 Å². The van der Waals surface area contributed by atoms with E-state index in [1.807, 2.05) is 0 Å². The highest BCUT2D eigenvalue weighted by Crippen LogP contribution is 2.06. The Morgan fingerprint density at radius 3 is 2.42 bits per heavy atom. The molecule has 1 saturated heterocycles. The third-order valence-electron chi connectivity index (χ3n) is 3.81. The molecule has 0 aromatic rings. The standard InChI is InChI=1S/C13H29N3O2S/c1-3-19(17,18)10-9-15-5-4-6-16(8-7-15)12-13(2)11-14/h13H,3-12,14H2,1-2H3. The van der Waals surface area contributed by atoms with Gasteiger partial charge >= 0.3 is 0 Å². The summed E-state index contributed by atoms with van der Waals surface area (Å²) in [6.07, 6.45) is 1.11. The first kappa shape index (κ1) is 16.9. The second kappa shape index (κ2) is 8.19. The van der Waals surface area contributed by atoms with Crippen LogP contribution in [0.4, 0.5) is 0 Å². The van der Waals surface area contributed by atoms with Crippen LogP contribution in [0.15, 0.2) is 0 Å². The molecule has 5 nitrogen and oxygen atoms in total. The van der Waals surface area contributed by atoms with Gasteiger partial charge in [0.1, 0.15) is 0 Å². The maximum absolute atomic E-state index is 11.5. The Bertz CT molecular complexity index is 346. The summed E-state index contributed by atoms with van der Waals surface area (Å²) in [5, 5.41) is 0. The molecule has 1 heterocycles. The minimum absolute atomic E-state index is 0.251. The summed E-state index contributed by atoms with van der Waals surface area (Å²) in [6.45, 7) is 10.5. The predicted octanol–water partition coefficient (Wildman–Crippen LogP) is 0.0236. The van der Waals surface area contributed by atoms with Crippen molar-refractivity contribution in [3.63, 3.8) is 0 Å². The molecule has 0 aromatic carbocycles. The zero-order valence-corrected chi connectivity index (χ0v) is 13.2. The molecule has 1 rings (SSSR count). The van der Waals surface area contributed by atoms with E-state index in [1.165, 1.54) is 0 Å². The van der Waals surface area contributed by atoms with Crippen molar-refractivity contribution in [1.82, 2.24) is 9.80 Å². The van der Waals surface area contributed by atoms with Gasteiger partial charge in [-0.2, -0.15) is 0 Å². The zero-order valence-electron chi connectivity index (χ0n) is 12.3. The summed E-state index contributed by atoms with van der Waals surface area (Å²) < 4.78 is 23.1. The SMILES string of the molecule is CCS(=O)(=O)CCN1CCCN(CC(C)CN)CC1. The number of hydrogen-bond donors (Lipinski definition) is 1. The van der Waals surface area contributed by atoms with E-state index >= 15 is 0 Å². The van der Waals surface area contributed by atoms with Gasteiger partial charge in [0.15, 0.2) is 9.84 Å². The van der Waals surface area contributed by atoms with Crippen molar-refractivity contribution in [3.05, 3.63) is 0 Å². The molecule has 1 aliphatic heterocycles. The molecule has 1 atom stereocenters. The molecular weight excluding hydrogens is 262 g/mol. The summed E-state index contributed by atoms with van der Waals surface area (Å²) in [7, 11) is -2.84. The zero-order chi connectivity index (χ0) is 14.3. The maximum atomic E-state index is 11.5. The molecular formula is C13H29N3O2S. The second-order valence-electron chi connectivity index (χ2n) is 5.57. The lowest BCUT2D eigenvalue weighted by molar-refractivity contribution is 0.238. The first-order chi connectivity index (χ1) is 8.96. The second-order valence-corrected chi connectivity index (χ2v) is 8.05. The first-order valence-corrected chi connectivity index (χ1v) is 9.14. The monoisotopic (exact) mass is 291 g/mol. The van der Waals surface area contributed by atoms with Gasteiger partial charge in [0, 0.05) is 31.9 Å². The lowest BCUT2D eigenvalue weighted by Gasteiger charge is -2.23. The molecule has 0 radical (unpaired) electrons. The lowest BCUT2D eigenvalue weighted by Crippen LogP contribution is -2.36. The molecule has 0 spiro atoms. The van der Waals surface area contributed by atoms with Crippen molar-refractivity contribution in [2.24, 2.45) is 11.7 Å². The van der Waals surface area contributed by atoms with E-state index in [0.717, 1.165) is 45.7 Å². The molecule has 1 aliphatic rings. The smallest absolute Gasteiger partial charge is 0.151 e. The van der Waals surface area contributed by atoms with Crippen LogP contribution >= 0.6 is 0 Å². The number of sulfone groups is 1. The molecule has 2 N–H and O–H groups in total. The molecule has 114 valence electrons. The van der Waals surface area contributed by atoms with Crippen molar-refractivity contribution in [3.8, 4) is 0 Å². The van der Waals surface area contributed by atoms with Crippen LogP contribution in [0.25, 0.3) is 0 Å². The van der Waals surface area contributed by atoms with Gasteiger partial charge in [-0.15, -0.1) is 0 Å². The summed E-state index contributed by atoms with van der Waals surface area (Å²) in [5.74, 6) is 1.08. The average Bonchev–Trinajstić information content (AvgIpc) is 2.62. The van der Waals surface area contributed by atoms with Gasteiger partial charge in [-0.1, -0.05) is 13.8 Å². The van der Waals surface area contributed by atoms with Gasteiger partial charge in [-0.25, -0.2) is 8.42 Å². The molecule has 6 heteroatoms. The fourth-order valence-electron chi connectivity index (χ4n) is 2.36. The van der Waals surface area contributed by atoms with Crippen LogP contribution in [-0.4, -0.2) is 75.5 Å². The minimum Gasteiger partial charge on any atom is -0.330 e. The summed E-state index contributed by atoms with van der Waals surface area (Å²) in [6, 6.07) is 0. The molecule has 1 fully saturated rings. The van der Waals surface area contributed by atoms with Crippen LogP contribution in [0, 0.1) is 5.92 Å². The van der Waals surface area contributed by atoms with Crippen LogP contribution < -0.4 is 5.73 Å². The molecule has 19 heavy (non-hydrogen) atoms. The van der Waals surface area contributed by atoms with Gasteiger partial charge in [-0.05, 0) is 32.0 Å². The van der Waals surface area contributed by atoms with Gasteiger partial charge in [0.05, 0.1) is 5.75 Å². The molecule has 1 unspecified atom stereocenters. The molecule has 0 amide bonds. The van der Waals surface area contributed by atoms with Gasteiger partial charge in [0.2, 0.25) is 0 Å². The highest BCUT2D eigenvalue weighted by atomic mass is 32.2. The van der Waals surface area contributed by atoms with Crippen LogP contribution in [0.3, 0.4) is 0 Å². The van der Waals surface area contributed by atoms with Crippen LogP contribution in [0.2, 0.25) is 0 Å². The van der Waals surface area contributed by atoms with Gasteiger partial charge in [-0.3, -0.25) is 0 Å². The minimum atomic E-state index is -2.84. The fourth-order valence-corrected chi connectivity index (χ4v) is 3.18. The van der Waals surface area contributed by atoms with E-state index in [1.54, 1.807) is 6.92 Å². The Hall–Kier alpha value is -0.170. The number of nitrogens with zero attached hydrogens (tertiary/aromatic N) is 2. The van der Waals surface area contributed by atoms with E-state index in [2.05, 4.69) is 16.7 Å². The van der Waals surface area contributed by atoms with Gasteiger partial charge < -0.3 is 15.5 Å². The Morgan fingerprint density at radius 2 is 1.79 bits per heavy atom. The molecule has 0 aromatic heterocycles. The van der Waals surface area contributed by atoms with Gasteiger partial charge in [0.25, 0.3) is 0 Å². The fraction of sp³-hybridized carbons (Fsp3) is 1.00. The van der Waals surface area contributed by atoms with E-state index in [4.69, 9.17) is 5.73 Å². The Balaban J connectivity index is 2.33.